The van der Waals surface area contributed by atoms with E-state index in [0.717, 1.165) is 29.5 Å². The third-order valence-corrected chi connectivity index (χ3v) is 5.44. The smallest absolute Gasteiger partial charge is 0.161 e. The van der Waals surface area contributed by atoms with E-state index in [1.165, 1.54) is 0 Å². The molecule has 0 aliphatic carbocycles. The lowest BCUT2D eigenvalue weighted by molar-refractivity contribution is 0.355. The van der Waals surface area contributed by atoms with Crippen molar-refractivity contribution in [2.24, 2.45) is 0 Å². The van der Waals surface area contributed by atoms with E-state index >= 15 is 0 Å². The van der Waals surface area contributed by atoms with Crippen LogP contribution < -0.4 is 9.47 Å². The lowest BCUT2D eigenvalue weighted by atomic mass is 10.0. The topological polar surface area (TPSA) is 44.2 Å². The summed E-state index contributed by atoms with van der Waals surface area (Å²) in [5, 5.41) is 0. The van der Waals surface area contributed by atoms with Crippen molar-refractivity contribution in [3.8, 4) is 33.9 Å². The number of rotatable bonds is 4. The van der Waals surface area contributed by atoms with Gasteiger partial charge in [0.05, 0.1) is 19.9 Å². The molecule has 3 aromatic rings. The first kappa shape index (κ1) is 17.4. The average Bonchev–Trinajstić information content (AvgIpc) is 2.62. The van der Waals surface area contributed by atoms with Crippen LogP contribution in [0.1, 0.15) is 0 Å². The third-order valence-electron chi connectivity index (χ3n) is 3.60. The van der Waals surface area contributed by atoms with Gasteiger partial charge in [-0.05, 0) is 68.9 Å². The fourth-order valence-electron chi connectivity index (χ4n) is 2.46. The van der Waals surface area contributed by atoms with Crippen molar-refractivity contribution in [1.29, 1.82) is 0 Å². The number of ether oxygens (including phenoxy) is 2. The van der Waals surface area contributed by atoms with Gasteiger partial charge in [-0.15, -0.1) is 0 Å². The van der Waals surface area contributed by atoms with E-state index in [-0.39, 0.29) is 0 Å². The predicted octanol–water partition coefficient (Wildman–Crippen LogP) is 5.04. The summed E-state index contributed by atoms with van der Waals surface area (Å²) in [6.45, 7) is 0. The van der Waals surface area contributed by atoms with Crippen LogP contribution in [-0.2, 0) is 0 Å². The zero-order valence-electron chi connectivity index (χ0n) is 13.1. The van der Waals surface area contributed by atoms with Crippen LogP contribution in [0, 0.1) is 7.14 Å². The maximum absolute atomic E-state index is 5.45. The lowest BCUT2D eigenvalue weighted by Crippen LogP contribution is -1.97. The van der Waals surface area contributed by atoms with E-state index in [1.807, 2.05) is 30.5 Å². The minimum absolute atomic E-state index is 0.681. The van der Waals surface area contributed by atoms with E-state index in [0.29, 0.717) is 11.5 Å². The number of hydrogen-bond acceptors (Lipinski definition) is 4. The van der Waals surface area contributed by atoms with Crippen molar-refractivity contribution in [2.45, 2.75) is 0 Å². The highest BCUT2D eigenvalue weighted by Crippen LogP contribution is 2.39. The second kappa shape index (κ2) is 7.64. The molecule has 6 heteroatoms. The molecule has 2 aromatic carbocycles. The Balaban J connectivity index is 2.24. The average molecular weight is 544 g/mol. The maximum atomic E-state index is 5.45. The van der Waals surface area contributed by atoms with Crippen molar-refractivity contribution in [3.05, 3.63) is 56.1 Å². The van der Waals surface area contributed by atoms with E-state index < -0.39 is 0 Å². The normalized spacial score (nSPS) is 10.5. The molecule has 0 N–H and O–H groups in total. The fraction of sp³-hybridized carbons (Fsp3) is 0.111. The van der Waals surface area contributed by atoms with Gasteiger partial charge in [0, 0.05) is 24.5 Å². The largest absolute Gasteiger partial charge is 0.493 e. The second-order valence-corrected chi connectivity index (χ2v) is 7.28. The van der Waals surface area contributed by atoms with Gasteiger partial charge in [-0.1, -0.05) is 18.2 Å². The molecule has 0 unspecified atom stereocenters. The summed E-state index contributed by atoms with van der Waals surface area (Å²) < 4.78 is 13.0. The summed E-state index contributed by atoms with van der Waals surface area (Å²) >= 11 is 4.62. The molecule has 0 aliphatic rings. The summed E-state index contributed by atoms with van der Waals surface area (Å²) in [4.78, 5) is 8.76. The highest BCUT2D eigenvalue weighted by atomic mass is 127. The van der Waals surface area contributed by atoms with Crippen LogP contribution in [0.15, 0.2) is 48.9 Å². The SMILES string of the molecule is COc1cc(I)c(-c2ncncc2-c2ccccc2I)cc1OC. The van der Waals surface area contributed by atoms with Crippen molar-refractivity contribution in [3.63, 3.8) is 0 Å². The summed E-state index contributed by atoms with van der Waals surface area (Å²) in [6, 6.07) is 12.1. The Bertz CT molecular complexity index is 885. The molecule has 0 spiro atoms. The second-order valence-electron chi connectivity index (χ2n) is 4.95. The first-order chi connectivity index (χ1) is 11.7. The van der Waals surface area contributed by atoms with Crippen LogP contribution in [0.3, 0.4) is 0 Å². The number of halogens is 2. The van der Waals surface area contributed by atoms with Crippen LogP contribution >= 0.6 is 45.2 Å². The highest BCUT2D eigenvalue weighted by molar-refractivity contribution is 14.1. The number of aromatic nitrogens is 2. The fourth-order valence-corrected chi connectivity index (χ4v) is 3.83. The summed E-state index contributed by atoms with van der Waals surface area (Å²) in [5.74, 6) is 1.38. The van der Waals surface area contributed by atoms with Gasteiger partial charge in [-0.3, -0.25) is 0 Å². The molecule has 0 amide bonds. The molecule has 1 heterocycles. The van der Waals surface area contributed by atoms with Crippen LogP contribution in [0.4, 0.5) is 0 Å². The number of hydrogen-bond donors (Lipinski definition) is 0. The van der Waals surface area contributed by atoms with Gasteiger partial charge in [0.25, 0.3) is 0 Å². The molecule has 0 aliphatic heterocycles. The van der Waals surface area contributed by atoms with E-state index in [2.05, 4.69) is 67.3 Å². The Kier molecular flexibility index (Phi) is 5.54. The summed E-state index contributed by atoms with van der Waals surface area (Å²) in [7, 11) is 3.27. The number of benzene rings is 2. The minimum Gasteiger partial charge on any atom is -0.493 e. The molecule has 4 nitrogen and oxygen atoms in total. The number of methoxy groups -OCH3 is 2. The molecule has 0 bridgehead atoms. The summed E-state index contributed by atoms with van der Waals surface area (Å²) in [5.41, 5.74) is 3.97. The van der Waals surface area contributed by atoms with Gasteiger partial charge in [-0.2, -0.15) is 0 Å². The van der Waals surface area contributed by atoms with Crippen molar-refractivity contribution >= 4 is 45.2 Å². The van der Waals surface area contributed by atoms with Crippen LogP contribution in [-0.4, -0.2) is 24.2 Å². The van der Waals surface area contributed by atoms with E-state index in [9.17, 15) is 0 Å². The zero-order valence-corrected chi connectivity index (χ0v) is 17.4. The van der Waals surface area contributed by atoms with Crippen molar-refractivity contribution < 1.29 is 9.47 Å². The molecular weight excluding hydrogens is 530 g/mol. The van der Waals surface area contributed by atoms with E-state index in [4.69, 9.17) is 9.47 Å². The molecule has 3 rings (SSSR count). The molecule has 1 aromatic heterocycles. The third kappa shape index (κ3) is 3.34. The standard InChI is InChI=1S/C18H14I2N2O2/c1-23-16-7-12(15(20)8-17(16)24-2)18-13(9-21-10-22-18)11-5-3-4-6-14(11)19/h3-10H,1-2H3. The molecule has 0 saturated carbocycles. The number of nitrogens with zero attached hydrogens (tertiary/aromatic N) is 2. The Morgan fingerprint density at radius 3 is 2.25 bits per heavy atom. The molecule has 0 radical (unpaired) electrons. The first-order valence-corrected chi connectivity index (χ1v) is 9.28. The van der Waals surface area contributed by atoms with Gasteiger partial charge in [-0.25, -0.2) is 9.97 Å². The monoisotopic (exact) mass is 544 g/mol. The molecule has 0 fully saturated rings. The van der Waals surface area contributed by atoms with Gasteiger partial charge >= 0.3 is 0 Å². The molecule has 24 heavy (non-hydrogen) atoms. The van der Waals surface area contributed by atoms with Crippen LogP contribution in [0.25, 0.3) is 22.4 Å². The predicted molar refractivity (Wildman–Crippen MR) is 111 cm³/mol. The van der Waals surface area contributed by atoms with Crippen molar-refractivity contribution in [2.75, 3.05) is 14.2 Å². The molecular formula is C18H14I2N2O2. The van der Waals surface area contributed by atoms with Crippen LogP contribution in [0.2, 0.25) is 0 Å². The molecule has 0 atom stereocenters. The quantitative estimate of drug-likeness (QED) is 0.433. The Hall–Kier alpha value is -1.42. The van der Waals surface area contributed by atoms with E-state index in [1.54, 1.807) is 20.5 Å². The van der Waals surface area contributed by atoms with Crippen molar-refractivity contribution in [1.82, 2.24) is 9.97 Å². The van der Waals surface area contributed by atoms with Gasteiger partial charge in [0.1, 0.15) is 6.33 Å². The molecule has 0 saturated heterocycles. The summed E-state index contributed by atoms with van der Waals surface area (Å²) in [6.07, 6.45) is 3.42. The maximum Gasteiger partial charge on any atom is 0.161 e. The molecule has 122 valence electrons. The Morgan fingerprint density at radius 2 is 1.54 bits per heavy atom. The lowest BCUT2D eigenvalue weighted by Gasteiger charge is -2.14. The zero-order chi connectivity index (χ0) is 17.1. The van der Waals surface area contributed by atoms with Gasteiger partial charge in [0.15, 0.2) is 11.5 Å². The van der Waals surface area contributed by atoms with Crippen LogP contribution in [0.5, 0.6) is 11.5 Å². The highest BCUT2D eigenvalue weighted by Gasteiger charge is 2.17. The Morgan fingerprint density at radius 1 is 0.833 bits per heavy atom. The van der Waals surface area contributed by atoms with Gasteiger partial charge < -0.3 is 9.47 Å². The Labute approximate surface area is 167 Å². The first-order valence-electron chi connectivity index (χ1n) is 7.12. The minimum atomic E-state index is 0.681. The van der Waals surface area contributed by atoms with Gasteiger partial charge in [0.2, 0.25) is 0 Å².